The van der Waals surface area contributed by atoms with Crippen molar-refractivity contribution in [3.63, 3.8) is 0 Å². The van der Waals surface area contributed by atoms with Crippen molar-refractivity contribution in [1.29, 1.82) is 0 Å². The van der Waals surface area contributed by atoms with E-state index in [0.29, 0.717) is 6.42 Å². The van der Waals surface area contributed by atoms with Crippen LogP contribution in [0.2, 0.25) is 0 Å². The SMILES string of the molecule is CCCC[C@H](Cc1ccc(CCc2ccccc2)cc1)C(=O)O. The molecule has 2 aromatic carbocycles. The molecule has 2 aromatic rings. The molecule has 0 amide bonds. The second-order valence-electron chi connectivity index (χ2n) is 6.18. The summed E-state index contributed by atoms with van der Waals surface area (Å²) >= 11 is 0. The van der Waals surface area contributed by atoms with E-state index in [4.69, 9.17) is 0 Å². The molecule has 0 aliphatic rings. The summed E-state index contributed by atoms with van der Waals surface area (Å²) in [5.41, 5.74) is 3.78. The molecule has 0 saturated heterocycles. The topological polar surface area (TPSA) is 37.3 Å². The zero-order valence-electron chi connectivity index (χ0n) is 13.9. The predicted octanol–water partition coefficient (Wildman–Crippen LogP) is 4.91. The molecule has 23 heavy (non-hydrogen) atoms. The standard InChI is InChI=1S/C21H26O2/c1-2-3-9-20(21(22)23)16-19-14-12-18(13-15-19)11-10-17-7-5-4-6-8-17/h4-8,12-15,20H,2-3,9-11,16H2,1H3,(H,22,23)/t20-/m1/s1. The van der Waals surface area contributed by atoms with Crippen LogP contribution in [0.3, 0.4) is 0 Å². The van der Waals surface area contributed by atoms with Crippen LogP contribution in [0.1, 0.15) is 42.9 Å². The lowest BCUT2D eigenvalue weighted by Crippen LogP contribution is -2.16. The van der Waals surface area contributed by atoms with Gasteiger partial charge in [0.15, 0.2) is 0 Å². The van der Waals surface area contributed by atoms with Crippen LogP contribution < -0.4 is 0 Å². The molecule has 0 aromatic heterocycles. The first-order valence-electron chi connectivity index (χ1n) is 8.53. The first-order valence-corrected chi connectivity index (χ1v) is 8.53. The fraction of sp³-hybridized carbons (Fsp3) is 0.381. The molecule has 0 radical (unpaired) electrons. The lowest BCUT2D eigenvalue weighted by molar-refractivity contribution is -0.141. The van der Waals surface area contributed by atoms with Gasteiger partial charge in [-0.2, -0.15) is 0 Å². The predicted molar refractivity (Wildman–Crippen MR) is 94.6 cm³/mol. The van der Waals surface area contributed by atoms with Crippen LogP contribution in [-0.2, 0) is 24.1 Å². The summed E-state index contributed by atoms with van der Waals surface area (Å²) in [4.78, 5) is 11.3. The van der Waals surface area contributed by atoms with E-state index in [0.717, 1.165) is 37.7 Å². The second-order valence-corrected chi connectivity index (χ2v) is 6.18. The zero-order valence-corrected chi connectivity index (χ0v) is 13.9. The molecule has 2 heteroatoms. The fourth-order valence-electron chi connectivity index (χ4n) is 2.82. The quantitative estimate of drug-likeness (QED) is 0.715. The Morgan fingerprint density at radius 1 is 0.913 bits per heavy atom. The second kappa shape index (κ2) is 9.14. The van der Waals surface area contributed by atoms with E-state index < -0.39 is 5.97 Å². The maximum Gasteiger partial charge on any atom is 0.306 e. The number of aryl methyl sites for hydroxylation is 2. The van der Waals surface area contributed by atoms with E-state index >= 15 is 0 Å². The average Bonchev–Trinajstić information content (AvgIpc) is 2.58. The molecule has 0 unspecified atom stereocenters. The van der Waals surface area contributed by atoms with Gasteiger partial charge < -0.3 is 5.11 Å². The maximum atomic E-state index is 11.3. The minimum Gasteiger partial charge on any atom is -0.481 e. The Morgan fingerprint density at radius 2 is 1.48 bits per heavy atom. The van der Waals surface area contributed by atoms with Gasteiger partial charge in [-0.25, -0.2) is 0 Å². The van der Waals surface area contributed by atoms with Gasteiger partial charge in [-0.3, -0.25) is 4.79 Å². The summed E-state index contributed by atoms with van der Waals surface area (Å²) < 4.78 is 0. The Kier molecular flexibility index (Phi) is 6.86. The summed E-state index contributed by atoms with van der Waals surface area (Å²) in [6.45, 7) is 2.10. The van der Waals surface area contributed by atoms with E-state index in [9.17, 15) is 9.90 Å². The van der Waals surface area contributed by atoms with Crippen molar-refractivity contribution in [2.75, 3.05) is 0 Å². The minimum atomic E-state index is -0.674. The number of carboxylic acids is 1. The van der Waals surface area contributed by atoms with Crippen molar-refractivity contribution in [1.82, 2.24) is 0 Å². The van der Waals surface area contributed by atoms with Gasteiger partial charge in [0.1, 0.15) is 0 Å². The third-order valence-electron chi connectivity index (χ3n) is 4.31. The first-order chi connectivity index (χ1) is 11.2. The number of unbranched alkanes of at least 4 members (excludes halogenated alkanes) is 1. The molecule has 0 bridgehead atoms. The zero-order chi connectivity index (χ0) is 16.5. The Labute approximate surface area is 139 Å². The number of carboxylic acid groups (broad SMARTS) is 1. The summed E-state index contributed by atoms with van der Waals surface area (Å²) in [5.74, 6) is -0.934. The molecule has 122 valence electrons. The number of benzene rings is 2. The summed E-state index contributed by atoms with van der Waals surface area (Å²) in [7, 11) is 0. The molecule has 2 rings (SSSR count). The van der Waals surface area contributed by atoms with Crippen LogP contribution >= 0.6 is 0 Å². The van der Waals surface area contributed by atoms with Crippen LogP contribution in [0.5, 0.6) is 0 Å². The third kappa shape index (κ3) is 5.90. The summed E-state index contributed by atoms with van der Waals surface area (Å²) in [5, 5.41) is 9.33. The van der Waals surface area contributed by atoms with Crippen molar-refractivity contribution in [3.8, 4) is 0 Å². The molecular formula is C21H26O2. The summed E-state index contributed by atoms with van der Waals surface area (Å²) in [6, 6.07) is 18.9. The van der Waals surface area contributed by atoms with Gasteiger partial charge in [-0.1, -0.05) is 74.4 Å². The maximum absolute atomic E-state index is 11.3. The highest BCUT2D eigenvalue weighted by Crippen LogP contribution is 2.17. The third-order valence-corrected chi connectivity index (χ3v) is 4.31. The first kappa shape index (κ1) is 17.3. The molecule has 2 nitrogen and oxygen atoms in total. The molecule has 0 spiro atoms. The van der Waals surface area contributed by atoms with Crippen molar-refractivity contribution in [2.45, 2.75) is 45.4 Å². The van der Waals surface area contributed by atoms with Crippen LogP contribution in [0.15, 0.2) is 54.6 Å². The molecule has 0 aliphatic heterocycles. The smallest absolute Gasteiger partial charge is 0.306 e. The lowest BCUT2D eigenvalue weighted by atomic mass is 9.93. The monoisotopic (exact) mass is 310 g/mol. The van der Waals surface area contributed by atoms with Crippen molar-refractivity contribution in [3.05, 3.63) is 71.3 Å². The van der Waals surface area contributed by atoms with Crippen LogP contribution in [0.4, 0.5) is 0 Å². The van der Waals surface area contributed by atoms with Crippen LogP contribution in [0, 0.1) is 5.92 Å². The van der Waals surface area contributed by atoms with Crippen molar-refractivity contribution < 1.29 is 9.90 Å². The molecule has 1 atom stereocenters. The normalized spacial score (nSPS) is 12.0. The van der Waals surface area contributed by atoms with Gasteiger partial charge in [-0.05, 0) is 42.4 Å². The molecule has 0 fully saturated rings. The molecular weight excluding hydrogens is 284 g/mol. The highest BCUT2D eigenvalue weighted by atomic mass is 16.4. The van der Waals surface area contributed by atoms with Crippen molar-refractivity contribution >= 4 is 5.97 Å². The molecule has 0 saturated carbocycles. The van der Waals surface area contributed by atoms with E-state index in [-0.39, 0.29) is 5.92 Å². The summed E-state index contributed by atoms with van der Waals surface area (Å²) in [6.07, 6.45) is 5.47. The van der Waals surface area contributed by atoms with Crippen LogP contribution in [-0.4, -0.2) is 11.1 Å². The lowest BCUT2D eigenvalue weighted by Gasteiger charge is -2.12. The van der Waals surface area contributed by atoms with Gasteiger partial charge in [0.25, 0.3) is 0 Å². The Balaban J connectivity index is 1.89. The number of carbonyl (C=O) groups is 1. The number of aliphatic carboxylic acids is 1. The van der Waals surface area contributed by atoms with Gasteiger partial charge in [0.05, 0.1) is 5.92 Å². The highest BCUT2D eigenvalue weighted by Gasteiger charge is 2.17. The van der Waals surface area contributed by atoms with Gasteiger partial charge in [0, 0.05) is 0 Å². The molecule has 1 N–H and O–H groups in total. The average molecular weight is 310 g/mol. The largest absolute Gasteiger partial charge is 0.481 e. The van der Waals surface area contributed by atoms with Crippen molar-refractivity contribution in [2.24, 2.45) is 5.92 Å². The Hall–Kier alpha value is -2.09. The fourth-order valence-corrected chi connectivity index (χ4v) is 2.82. The van der Waals surface area contributed by atoms with E-state index in [1.54, 1.807) is 0 Å². The number of hydrogen-bond acceptors (Lipinski definition) is 1. The molecule has 0 aliphatic carbocycles. The van der Waals surface area contributed by atoms with Gasteiger partial charge in [0.2, 0.25) is 0 Å². The Bertz CT molecular complexity index is 587. The Morgan fingerprint density at radius 3 is 2.04 bits per heavy atom. The van der Waals surface area contributed by atoms with E-state index in [1.807, 2.05) is 6.07 Å². The van der Waals surface area contributed by atoms with Crippen LogP contribution in [0.25, 0.3) is 0 Å². The van der Waals surface area contributed by atoms with Gasteiger partial charge >= 0.3 is 5.97 Å². The number of rotatable bonds is 9. The number of hydrogen-bond donors (Lipinski definition) is 1. The highest BCUT2D eigenvalue weighted by molar-refractivity contribution is 5.70. The van der Waals surface area contributed by atoms with E-state index in [2.05, 4.69) is 55.5 Å². The van der Waals surface area contributed by atoms with E-state index in [1.165, 1.54) is 11.1 Å². The van der Waals surface area contributed by atoms with Gasteiger partial charge in [-0.15, -0.1) is 0 Å². The minimum absolute atomic E-state index is 0.259. The molecule has 0 heterocycles.